The van der Waals surface area contributed by atoms with Gasteiger partial charge in [0.25, 0.3) is 0 Å². The van der Waals surface area contributed by atoms with Gasteiger partial charge in [-0.1, -0.05) is 54.2 Å². The molecular weight excluding hydrogens is 322 g/mol. The van der Waals surface area contributed by atoms with E-state index in [0.717, 1.165) is 27.9 Å². The molecule has 1 aromatic carbocycles. The van der Waals surface area contributed by atoms with Crippen LogP contribution in [0.5, 0.6) is 0 Å². The summed E-state index contributed by atoms with van der Waals surface area (Å²) in [5.74, 6) is 1.63. The molecule has 0 radical (unpaired) electrons. The van der Waals surface area contributed by atoms with Gasteiger partial charge in [0.15, 0.2) is 0 Å². The highest BCUT2D eigenvalue weighted by Crippen LogP contribution is 2.38. The molecule has 0 aromatic heterocycles. The number of hydrogen-bond acceptors (Lipinski definition) is 1. The van der Waals surface area contributed by atoms with Crippen LogP contribution in [-0.4, -0.2) is 6.54 Å². The molecule has 1 unspecified atom stereocenters. The lowest BCUT2D eigenvalue weighted by molar-refractivity contribution is 0.233. The number of benzene rings is 1. The first kappa shape index (κ1) is 15.3. The standard InChI is InChI=1S/C16H23BrClN/c1-3-19-16(12-6-4-11(2)5-7-12)13-8-14(17)10-15(18)9-13/h8-12,16,19H,3-7H2,1-2H3. The SMILES string of the molecule is CCNC(c1cc(Cl)cc(Br)c1)C1CCC(C)CC1. The van der Waals surface area contributed by atoms with Crippen LogP contribution in [0.25, 0.3) is 0 Å². The van der Waals surface area contributed by atoms with Crippen molar-refractivity contribution in [2.24, 2.45) is 11.8 Å². The summed E-state index contributed by atoms with van der Waals surface area (Å²) < 4.78 is 1.07. The lowest BCUT2D eigenvalue weighted by atomic mass is 9.77. The predicted molar refractivity (Wildman–Crippen MR) is 86.7 cm³/mol. The maximum atomic E-state index is 6.20. The van der Waals surface area contributed by atoms with Crippen LogP contribution < -0.4 is 5.32 Å². The minimum Gasteiger partial charge on any atom is -0.310 e. The van der Waals surface area contributed by atoms with Gasteiger partial charge < -0.3 is 5.32 Å². The van der Waals surface area contributed by atoms with E-state index in [1.165, 1.54) is 31.2 Å². The van der Waals surface area contributed by atoms with Crippen molar-refractivity contribution < 1.29 is 0 Å². The molecule has 106 valence electrons. The van der Waals surface area contributed by atoms with Gasteiger partial charge in [-0.3, -0.25) is 0 Å². The largest absolute Gasteiger partial charge is 0.310 e. The molecule has 2 rings (SSSR count). The smallest absolute Gasteiger partial charge is 0.0420 e. The van der Waals surface area contributed by atoms with E-state index in [1.54, 1.807) is 0 Å². The van der Waals surface area contributed by atoms with Crippen LogP contribution in [0.4, 0.5) is 0 Å². The second kappa shape index (κ2) is 7.10. The third-order valence-electron chi connectivity index (χ3n) is 4.20. The zero-order valence-electron chi connectivity index (χ0n) is 11.8. The quantitative estimate of drug-likeness (QED) is 0.752. The topological polar surface area (TPSA) is 12.0 Å². The first-order valence-electron chi connectivity index (χ1n) is 7.29. The van der Waals surface area contributed by atoms with Crippen LogP contribution in [0.1, 0.15) is 51.1 Å². The Labute approximate surface area is 130 Å². The minimum absolute atomic E-state index is 0.438. The molecular formula is C16H23BrClN. The van der Waals surface area contributed by atoms with E-state index in [-0.39, 0.29) is 0 Å². The summed E-state index contributed by atoms with van der Waals surface area (Å²) >= 11 is 9.75. The van der Waals surface area contributed by atoms with Crippen LogP contribution in [0, 0.1) is 11.8 Å². The monoisotopic (exact) mass is 343 g/mol. The molecule has 3 heteroatoms. The Hall–Kier alpha value is -0.0500. The van der Waals surface area contributed by atoms with E-state index in [2.05, 4.69) is 47.2 Å². The van der Waals surface area contributed by atoms with Crippen molar-refractivity contribution in [1.29, 1.82) is 0 Å². The molecule has 1 nitrogen and oxygen atoms in total. The van der Waals surface area contributed by atoms with Gasteiger partial charge in [-0.05, 0) is 55.0 Å². The average Bonchev–Trinajstić information content (AvgIpc) is 2.36. The molecule has 1 fully saturated rings. The van der Waals surface area contributed by atoms with Crippen molar-refractivity contribution in [3.8, 4) is 0 Å². The van der Waals surface area contributed by atoms with Crippen LogP contribution in [-0.2, 0) is 0 Å². The van der Waals surface area contributed by atoms with Crippen LogP contribution in [0.2, 0.25) is 5.02 Å². The van der Waals surface area contributed by atoms with Gasteiger partial charge in [0.2, 0.25) is 0 Å². The summed E-state index contributed by atoms with van der Waals surface area (Å²) in [7, 11) is 0. The van der Waals surface area contributed by atoms with Crippen LogP contribution in [0.15, 0.2) is 22.7 Å². The third kappa shape index (κ3) is 4.21. The number of rotatable bonds is 4. The molecule has 1 aliphatic carbocycles. The Kier molecular flexibility index (Phi) is 5.73. The third-order valence-corrected chi connectivity index (χ3v) is 4.88. The zero-order valence-corrected chi connectivity index (χ0v) is 14.1. The van der Waals surface area contributed by atoms with Gasteiger partial charge in [0.05, 0.1) is 0 Å². The Morgan fingerprint density at radius 2 is 1.95 bits per heavy atom. The fraction of sp³-hybridized carbons (Fsp3) is 0.625. The lowest BCUT2D eigenvalue weighted by Gasteiger charge is -2.33. The first-order chi connectivity index (χ1) is 9.10. The fourth-order valence-corrected chi connectivity index (χ4v) is 4.04. The second-order valence-corrected chi connectivity index (χ2v) is 7.11. The summed E-state index contributed by atoms with van der Waals surface area (Å²) in [6.07, 6.45) is 5.36. The predicted octanol–water partition coefficient (Wildman–Crippen LogP) is 5.58. The first-order valence-corrected chi connectivity index (χ1v) is 8.46. The van der Waals surface area contributed by atoms with E-state index in [1.807, 2.05) is 6.07 Å². The molecule has 1 saturated carbocycles. The van der Waals surface area contributed by atoms with Gasteiger partial charge in [0.1, 0.15) is 0 Å². The molecule has 0 bridgehead atoms. The van der Waals surface area contributed by atoms with E-state index < -0.39 is 0 Å². The molecule has 1 aromatic rings. The Morgan fingerprint density at radius 3 is 2.53 bits per heavy atom. The van der Waals surface area contributed by atoms with E-state index >= 15 is 0 Å². The molecule has 19 heavy (non-hydrogen) atoms. The fourth-order valence-electron chi connectivity index (χ4n) is 3.15. The Bertz CT molecular complexity index is 393. The number of nitrogens with one attached hydrogen (secondary N) is 1. The molecule has 0 aliphatic heterocycles. The highest BCUT2D eigenvalue weighted by molar-refractivity contribution is 9.10. The maximum absolute atomic E-state index is 6.20. The van der Waals surface area contributed by atoms with Gasteiger partial charge in [-0.15, -0.1) is 0 Å². The van der Waals surface area contributed by atoms with Crippen molar-refractivity contribution in [3.05, 3.63) is 33.3 Å². The summed E-state index contributed by atoms with van der Waals surface area (Å²) in [4.78, 5) is 0. The van der Waals surface area contributed by atoms with Crippen LogP contribution >= 0.6 is 27.5 Å². The molecule has 1 N–H and O–H groups in total. The summed E-state index contributed by atoms with van der Waals surface area (Å²) in [6.45, 7) is 5.55. The van der Waals surface area contributed by atoms with E-state index in [4.69, 9.17) is 11.6 Å². The molecule has 0 amide bonds. The Balaban J connectivity index is 2.19. The van der Waals surface area contributed by atoms with Crippen molar-refractivity contribution in [2.45, 2.75) is 45.6 Å². The Morgan fingerprint density at radius 1 is 1.26 bits per heavy atom. The van der Waals surface area contributed by atoms with Crippen molar-refractivity contribution in [2.75, 3.05) is 6.54 Å². The van der Waals surface area contributed by atoms with Crippen molar-refractivity contribution in [1.82, 2.24) is 5.32 Å². The summed E-state index contributed by atoms with van der Waals surface area (Å²) in [5, 5.41) is 4.47. The lowest BCUT2D eigenvalue weighted by Crippen LogP contribution is -2.30. The number of hydrogen-bond donors (Lipinski definition) is 1. The second-order valence-electron chi connectivity index (χ2n) is 5.76. The zero-order chi connectivity index (χ0) is 13.8. The molecule has 0 saturated heterocycles. The number of halogens is 2. The maximum Gasteiger partial charge on any atom is 0.0420 e. The highest BCUT2D eigenvalue weighted by Gasteiger charge is 2.27. The van der Waals surface area contributed by atoms with Crippen molar-refractivity contribution >= 4 is 27.5 Å². The van der Waals surface area contributed by atoms with E-state index in [0.29, 0.717) is 6.04 Å². The highest BCUT2D eigenvalue weighted by atomic mass is 79.9. The average molecular weight is 345 g/mol. The van der Waals surface area contributed by atoms with Crippen LogP contribution in [0.3, 0.4) is 0 Å². The molecule has 0 heterocycles. The van der Waals surface area contributed by atoms with Gasteiger partial charge in [-0.25, -0.2) is 0 Å². The minimum atomic E-state index is 0.438. The summed E-state index contributed by atoms with van der Waals surface area (Å²) in [6, 6.07) is 6.71. The van der Waals surface area contributed by atoms with Gasteiger partial charge in [-0.2, -0.15) is 0 Å². The van der Waals surface area contributed by atoms with Gasteiger partial charge >= 0.3 is 0 Å². The molecule has 1 aliphatic rings. The van der Waals surface area contributed by atoms with E-state index in [9.17, 15) is 0 Å². The molecule has 0 spiro atoms. The van der Waals surface area contributed by atoms with Crippen molar-refractivity contribution in [3.63, 3.8) is 0 Å². The van der Waals surface area contributed by atoms with Gasteiger partial charge in [0, 0.05) is 15.5 Å². The normalized spacial score (nSPS) is 25.3. The summed E-state index contributed by atoms with van der Waals surface area (Å²) in [5.41, 5.74) is 1.32. The molecule has 1 atom stereocenters.